The molecule has 6 aliphatic rings. The number of rotatable bonds is 0. The average Bonchev–Trinajstić information content (AvgIpc) is 1.60. The van der Waals surface area contributed by atoms with E-state index in [1.165, 1.54) is 199 Å². The molecule has 117 heavy (non-hydrogen) atoms. The molecular weight excluding hydrogens is 1420 g/mol. The zero-order chi connectivity index (χ0) is 84.3. The number of pyridine rings is 3. The fourth-order valence-corrected chi connectivity index (χ4v) is 17.8. The van der Waals surface area contributed by atoms with E-state index in [1.54, 1.807) is 0 Å². The Bertz CT molecular complexity index is 6310. The lowest BCUT2D eigenvalue weighted by Gasteiger charge is -2.14. The van der Waals surface area contributed by atoms with Gasteiger partial charge in [0.2, 0.25) is 0 Å². The van der Waals surface area contributed by atoms with Gasteiger partial charge in [0.25, 0.3) is 0 Å². The minimum atomic E-state index is 0.977. The second-order valence-electron chi connectivity index (χ2n) is 26.5. The van der Waals surface area contributed by atoms with Crippen molar-refractivity contribution in [2.75, 3.05) is 0 Å². The lowest BCUT2D eigenvalue weighted by atomic mass is 9.95. The third-order valence-electron chi connectivity index (χ3n) is 21.9. The Labute approximate surface area is 699 Å². The van der Waals surface area contributed by atoms with Crippen molar-refractivity contribution in [3.8, 4) is 66.8 Å². The first-order valence-electron chi connectivity index (χ1n) is 44.7. The predicted octanol–water partition coefficient (Wildman–Crippen LogP) is 32.7. The van der Waals surface area contributed by atoms with Crippen LogP contribution in [0, 0.1) is 0 Å². The number of aromatic nitrogens is 6. The average molecular weight is 1540 g/mol. The van der Waals surface area contributed by atoms with Crippen LogP contribution in [0.3, 0.4) is 0 Å². The Kier molecular flexibility index (Phi) is 30.5. The van der Waals surface area contributed by atoms with Gasteiger partial charge in [0.1, 0.15) is 16.9 Å². The lowest BCUT2D eigenvalue weighted by Crippen LogP contribution is -1.95. The summed E-state index contributed by atoms with van der Waals surface area (Å²) in [6, 6.07) is 81.4. The van der Waals surface area contributed by atoms with Gasteiger partial charge < -0.3 is 0 Å². The second-order valence-corrected chi connectivity index (χ2v) is 26.5. The van der Waals surface area contributed by atoms with Crippen LogP contribution in [-0.2, 0) is 38.5 Å². The van der Waals surface area contributed by atoms with Gasteiger partial charge in [-0.05, 0) is 237 Å². The van der Waals surface area contributed by atoms with E-state index in [2.05, 4.69) is 250 Å². The molecule has 0 atom stereocenters. The van der Waals surface area contributed by atoms with Crippen LogP contribution in [-0.4, -0.2) is 28.2 Å². The van der Waals surface area contributed by atoms with Crippen molar-refractivity contribution >= 4 is 82.0 Å². The van der Waals surface area contributed by atoms with E-state index in [-0.39, 0.29) is 0 Å². The number of nitrogens with zero attached hydrogens (tertiary/aromatic N) is 6. The first-order valence-corrected chi connectivity index (χ1v) is 44.7. The Morgan fingerprint density at radius 2 is 0.436 bits per heavy atom. The third kappa shape index (κ3) is 15.4. The van der Waals surface area contributed by atoms with E-state index in [0.29, 0.717) is 0 Å². The Morgan fingerprint density at radius 3 is 0.786 bits per heavy atom. The molecule has 6 heteroatoms. The van der Waals surface area contributed by atoms with E-state index in [0.717, 1.165) is 55.5 Å². The molecule has 6 nitrogen and oxygen atoms in total. The smallest absolute Gasteiger partial charge is 0.145 e. The molecule has 0 bridgehead atoms. The first kappa shape index (κ1) is 87.7. The minimum Gasteiger partial charge on any atom is -0.299 e. The molecule has 0 radical (unpaired) electrons. The van der Waals surface area contributed by atoms with Crippen molar-refractivity contribution in [2.24, 2.45) is 0 Å². The minimum absolute atomic E-state index is 0.977. The van der Waals surface area contributed by atoms with E-state index >= 15 is 0 Å². The van der Waals surface area contributed by atoms with Crippen molar-refractivity contribution in [1.29, 1.82) is 0 Å². The second kappa shape index (κ2) is 40.7. The standard InChI is InChI=1S/3C29H18N2.12C2H6/c1-4-8-21-17(5-1)13-19-15-27-25(16-24(19)21)23-10-9-22-20-7-3-2-6-18(20)14-26(22)28(23)29-30-11-12-31(27)29;1-4-8-21-17(5-1)13-19-15-25-23-10-9-22-20-7-3-2-6-18(20)14-26(22)28(23)29-30-11-12-31(29)27(25)16-24(19)21;1-3-7-21-17(5-1)11-19-13-27-25(15-23(19)21)26-16-24-20(12-18-6-2-4-8-22(18)24)14-28(26)31-10-9-30-29(27)31;12*1-2/h2*1-12,15-16H,13-14H2;1-10,13-16H,11-12H2;12*1-2H3. The van der Waals surface area contributed by atoms with Gasteiger partial charge in [-0.1, -0.05) is 336 Å². The maximum absolute atomic E-state index is 4.84. The van der Waals surface area contributed by atoms with Crippen LogP contribution >= 0.6 is 0 Å². The molecule has 6 aromatic heterocycles. The normalized spacial score (nSPS) is 11.4. The van der Waals surface area contributed by atoms with Gasteiger partial charge in [-0.3, -0.25) is 13.2 Å². The molecular formula is C111H126N6. The molecule has 6 heterocycles. The molecule has 0 N–H and O–H groups in total. The lowest BCUT2D eigenvalue weighted by molar-refractivity contribution is 1.23. The van der Waals surface area contributed by atoms with Crippen molar-refractivity contribution < 1.29 is 0 Å². The zero-order valence-electron chi connectivity index (χ0n) is 74.7. The highest BCUT2D eigenvalue weighted by Gasteiger charge is 2.30. The van der Waals surface area contributed by atoms with Gasteiger partial charge in [-0.25, -0.2) is 15.0 Å². The Morgan fingerprint density at radius 1 is 0.188 bits per heavy atom. The number of hydrogen-bond acceptors (Lipinski definition) is 3. The predicted molar refractivity (Wildman–Crippen MR) is 516 cm³/mol. The highest BCUT2D eigenvalue weighted by molar-refractivity contribution is 6.19. The van der Waals surface area contributed by atoms with Gasteiger partial charge in [-0.2, -0.15) is 0 Å². The molecule has 12 aromatic carbocycles. The van der Waals surface area contributed by atoms with Crippen molar-refractivity contribution in [1.82, 2.24) is 28.2 Å². The SMILES string of the molecule is CC.CC.CC.CC.CC.CC.CC.CC.CC.CC.CC.CC.c1ccc2c(c1)Cc1cc3c(cc1-2)c1cc2c(cc1n1ccnc31)Cc1ccccc1-2.c1ccc2c(c1)Cc1cc3c(cc1-2)c1ccc2c(c1c1nccn31)Cc1ccccc1-2.c1ccc2c(c1)Cc1cc3c4ccc5c(c4c4nccn4c3cc1-2)Cc1ccccc1-5. The summed E-state index contributed by atoms with van der Waals surface area (Å²) < 4.78 is 6.86. The van der Waals surface area contributed by atoms with Gasteiger partial charge in [0, 0.05) is 69.5 Å². The molecule has 0 spiro atoms. The molecule has 18 aromatic rings. The first-order chi connectivity index (χ1) is 58.1. The summed E-state index contributed by atoms with van der Waals surface area (Å²) in [7, 11) is 0. The van der Waals surface area contributed by atoms with Crippen LogP contribution in [0.15, 0.2) is 256 Å². The highest BCUT2D eigenvalue weighted by Crippen LogP contribution is 2.50. The third-order valence-corrected chi connectivity index (χ3v) is 21.9. The summed E-state index contributed by atoms with van der Waals surface area (Å²) in [4.78, 5) is 14.4. The molecule has 0 aliphatic heterocycles. The van der Waals surface area contributed by atoms with Gasteiger partial charge in [-0.15, -0.1) is 0 Å². The fourth-order valence-electron chi connectivity index (χ4n) is 17.8. The Balaban J connectivity index is 0.000000164. The van der Waals surface area contributed by atoms with Gasteiger partial charge in [0.05, 0.1) is 16.6 Å². The molecule has 0 unspecified atom stereocenters. The van der Waals surface area contributed by atoms with Gasteiger partial charge >= 0.3 is 0 Å². The number of hydrogen-bond donors (Lipinski definition) is 0. The highest BCUT2D eigenvalue weighted by atomic mass is 15.0. The molecule has 0 fully saturated rings. The summed E-state index contributed by atoms with van der Waals surface area (Å²) in [6.07, 6.45) is 18.1. The van der Waals surface area contributed by atoms with Crippen LogP contribution < -0.4 is 0 Å². The van der Waals surface area contributed by atoms with Crippen LogP contribution in [0.5, 0.6) is 0 Å². The van der Waals surface area contributed by atoms with Crippen LogP contribution in [0.2, 0.25) is 0 Å². The molecule has 600 valence electrons. The molecule has 6 aliphatic carbocycles. The van der Waals surface area contributed by atoms with E-state index in [4.69, 9.17) is 15.0 Å². The van der Waals surface area contributed by atoms with Crippen molar-refractivity contribution in [2.45, 2.75) is 205 Å². The molecule has 0 amide bonds. The molecule has 0 saturated heterocycles. The maximum atomic E-state index is 4.84. The Hall–Kier alpha value is -11.7. The fraction of sp³-hybridized carbons (Fsp3) is 0.270. The zero-order valence-corrected chi connectivity index (χ0v) is 74.7. The van der Waals surface area contributed by atoms with E-state index < -0.39 is 0 Å². The van der Waals surface area contributed by atoms with Gasteiger partial charge in [0.15, 0.2) is 0 Å². The largest absolute Gasteiger partial charge is 0.299 e. The van der Waals surface area contributed by atoms with Crippen LogP contribution in [0.4, 0.5) is 0 Å². The van der Waals surface area contributed by atoms with Crippen molar-refractivity contribution in [3.63, 3.8) is 0 Å². The quantitative estimate of drug-likeness (QED) is 0.142. The maximum Gasteiger partial charge on any atom is 0.145 e. The molecule has 24 rings (SSSR count). The molecule has 0 saturated carbocycles. The summed E-state index contributed by atoms with van der Waals surface area (Å²) >= 11 is 0. The summed E-state index contributed by atoms with van der Waals surface area (Å²) in [5, 5.41) is 11.7. The number of imidazole rings is 3. The van der Waals surface area contributed by atoms with Crippen molar-refractivity contribution in [3.05, 3.63) is 322 Å². The summed E-state index contributed by atoms with van der Waals surface area (Å²) in [5.41, 5.74) is 40.4. The topological polar surface area (TPSA) is 51.9 Å². The van der Waals surface area contributed by atoms with Crippen LogP contribution in [0.25, 0.3) is 149 Å². The summed E-state index contributed by atoms with van der Waals surface area (Å²) in [5.74, 6) is 0. The monoisotopic (exact) mass is 1540 g/mol. The number of benzene rings is 12. The van der Waals surface area contributed by atoms with E-state index in [1.807, 2.05) is 185 Å². The summed E-state index contributed by atoms with van der Waals surface area (Å²) in [6.45, 7) is 48.0. The van der Waals surface area contributed by atoms with Crippen LogP contribution in [0.1, 0.15) is 233 Å². The number of fused-ring (bicyclic) bond motifs is 38. The van der Waals surface area contributed by atoms with E-state index in [9.17, 15) is 0 Å².